The van der Waals surface area contributed by atoms with Gasteiger partial charge < -0.3 is 10.1 Å². The Morgan fingerprint density at radius 3 is 2.08 bits per heavy atom. The van der Waals surface area contributed by atoms with Crippen LogP contribution in [0.3, 0.4) is 0 Å². The van der Waals surface area contributed by atoms with Gasteiger partial charge in [-0.15, -0.1) is 24.8 Å². The normalized spacial score (nSPS) is 26.5. The Morgan fingerprint density at radius 2 is 1.69 bits per heavy atom. The van der Waals surface area contributed by atoms with E-state index in [1.165, 1.54) is 13.1 Å². The summed E-state index contributed by atoms with van der Waals surface area (Å²) in [5.74, 6) is 0. The van der Waals surface area contributed by atoms with E-state index in [1.54, 1.807) is 0 Å². The lowest BCUT2D eigenvalue weighted by atomic mass is 9.97. The summed E-state index contributed by atoms with van der Waals surface area (Å²) in [5.41, 5.74) is 0.363. The number of piperazine rings is 1. The second-order valence-corrected chi connectivity index (χ2v) is 3.73. The Labute approximate surface area is 92.0 Å². The zero-order valence-electron chi connectivity index (χ0n) is 7.91. The lowest BCUT2D eigenvalue weighted by Gasteiger charge is -2.48. The number of hydrogen-bond acceptors (Lipinski definition) is 3. The van der Waals surface area contributed by atoms with E-state index in [9.17, 15) is 0 Å². The molecule has 2 aliphatic rings. The molecular weight excluding hydrogens is 211 g/mol. The Balaban J connectivity index is 0.000000720. The molecule has 0 radical (unpaired) electrons. The summed E-state index contributed by atoms with van der Waals surface area (Å²) in [6.45, 7) is 8.77. The molecule has 0 aromatic carbocycles. The van der Waals surface area contributed by atoms with Gasteiger partial charge in [-0.05, 0) is 6.92 Å². The summed E-state index contributed by atoms with van der Waals surface area (Å²) in [6.07, 6.45) is 0. The highest BCUT2D eigenvalue weighted by atomic mass is 35.5. The molecule has 0 aliphatic carbocycles. The van der Waals surface area contributed by atoms with Crippen molar-refractivity contribution in [3.8, 4) is 0 Å². The molecular formula is C8H18Cl2N2O. The van der Waals surface area contributed by atoms with E-state index in [1.807, 2.05) is 0 Å². The molecule has 0 aromatic rings. The SMILES string of the molecule is CC1(N2CCNCC2)COC1.Cl.Cl. The van der Waals surface area contributed by atoms with Gasteiger partial charge in [0.15, 0.2) is 0 Å². The van der Waals surface area contributed by atoms with E-state index in [-0.39, 0.29) is 24.8 Å². The predicted molar refractivity (Wildman–Crippen MR) is 58.2 cm³/mol. The van der Waals surface area contributed by atoms with Gasteiger partial charge >= 0.3 is 0 Å². The van der Waals surface area contributed by atoms with Crippen LogP contribution < -0.4 is 5.32 Å². The van der Waals surface area contributed by atoms with Crippen LogP contribution in [-0.4, -0.2) is 49.8 Å². The third-order valence-corrected chi connectivity index (χ3v) is 2.71. The van der Waals surface area contributed by atoms with E-state index < -0.39 is 0 Å². The van der Waals surface area contributed by atoms with Crippen LogP contribution in [0, 0.1) is 0 Å². The maximum Gasteiger partial charge on any atom is 0.0671 e. The summed E-state index contributed by atoms with van der Waals surface area (Å²) in [6, 6.07) is 0. The average molecular weight is 229 g/mol. The van der Waals surface area contributed by atoms with Crippen LogP contribution in [-0.2, 0) is 4.74 Å². The quantitative estimate of drug-likeness (QED) is 0.709. The molecule has 0 saturated carbocycles. The van der Waals surface area contributed by atoms with Crippen molar-refractivity contribution < 1.29 is 4.74 Å². The Morgan fingerprint density at radius 1 is 1.15 bits per heavy atom. The van der Waals surface area contributed by atoms with Gasteiger partial charge in [0.2, 0.25) is 0 Å². The molecule has 2 aliphatic heterocycles. The molecule has 2 fully saturated rings. The number of rotatable bonds is 1. The molecule has 0 amide bonds. The van der Waals surface area contributed by atoms with E-state index in [4.69, 9.17) is 4.74 Å². The molecule has 13 heavy (non-hydrogen) atoms. The fourth-order valence-electron chi connectivity index (χ4n) is 1.78. The van der Waals surface area contributed by atoms with Gasteiger partial charge in [0.25, 0.3) is 0 Å². The van der Waals surface area contributed by atoms with Gasteiger partial charge in [0.05, 0.1) is 18.8 Å². The third kappa shape index (κ3) is 2.70. The fourth-order valence-corrected chi connectivity index (χ4v) is 1.78. The molecule has 5 heteroatoms. The van der Waals surface area contributed by atoms with Gasteiger partial charge in [-0.25, -0.2) is 0 Å². The molecule has 1 N–H and O–H groups in total. The van der Waals surface area contributed by atoms with E-state index in [0.29, 0.717) is 5.54 Å². The maximum absolute atomic E-state index is 5.23. The van der Waals surface area contributed by atoms with Crippen LogP contribution >= 0.6 is 24.8 Å². The highest BCUT2D eigenvalue weighted by Crippen LogP contribution is 2.24. The zero-order chi connectivity index (χ0) is 7.73. The second kappa shape index (κ2) is 5.37. The summed E-state index contributed by atoms with van der Waals surface area (Å²) in [4.78, 5) is 2.53. The molecule has 2 rings (SSSR count). The number of halogens is 2. The standard InChI is InChI=1S/C8H16N2O.2ClH/c1-8(6-11-7-8)10-4-2-9-3-5-10;;/h9H,2-7H2,1H3;2*1H. The molecule has 0 bridgehead atoms. The Hall–Kier alpha value is 0.460. The molecule has 0 spiro atoms. The van der Waals surface area contributed by atoms with Gasteiger partial charge in [-0.2, -0.15) is 0 Å². The minimum absolute atomic E-state index is 0. The van der Waals surface area contributed by atoms with Gasteiger partial charge in [-0.3, -0.25) is 4.90 Å². The molecule has 0 unspecified atom stereocenters. The minimum atomic E-state index is 0. The van der Waals surface area contributed by atoms with Crippen molar-refractivity contribution in [2.24, 2.45) is 0 Å². The van der Waals surface area contributed by atoms with Crippen LogP contribution in [0.4, 0.5) is 0 Å². The van der Waals surface area contributed by atoms with E-state index >= 15 is 0 Å². The first-order valence-corrected chi connectivity index (χ1v) is 4.35. The topological polar surface area (TPSA) is 24.5 Å². The third-order valence-electron chi connectivity index (χ3n) is 2.71. The lowest BCUT2D eigenvalue weighted by Crippen LogP contribution is -2.64. The highest BCUT2D eigenvalue weighted by Gasteiger charge is 2.39. The van der Waals surface area contributed by atoms with Crippen molar-refractivity contribution >= 4 is 24.8 Å². The zero-order valence-corrected chi connectivity index (χ0v) is 9.55. The van der Waals surface area contributed by atoms with Crippen molar-refractivity contribution in [1.82, 2.24) is 10.2 Å². The highest BCUT2D eigenvalue weighted by molar-refractivity contribution is 5.85. The summed E-state index contributed by atoms with van der Waals surface area (Å²) >= 11 is 0. The average Bonchev–Trinajstić information content (AvgIpc) is 2.02. The summed E-state index contributed by atoms with van der Waals surface area (Å²) in [5, 5.41) is 3.35. The summed E-state index contributed by atoms with van der Waals surface area (Å²) < 4.78 is 5.23. The number of hydrogen-bond donors (Lipinski definition) is 1. The van der Waals surface area contributed by atoms with Crippen LogP contribution in [0.1, 0.15) is 6.92 Å². The molecule has 80 valence electrons. The molecule has 2 heterocycles. The first kappa shape index (κ1) is 13.5. The fraction of sp³-hybridized carbons (Fsp3) is 1.00. The van der Waals surface area contributed by atoms with Crippen molar-refractivity contribution in [1.29, 1.82) is 0 Å². The van der Waals surface area contributed by atoms with Crippen molar-refractivity contribution in [3.63, 3.8) is 0 Å². The minimum Gasteiger partial charge on any atom is -0.377 e. The summed E-state index contributed by atoms with van der Waals surface area (Å²) in [7, 11) is 0. The van der Waals surface area contributed by atoms with Gasteiger partial charge in [0.1, 0.15) is 0 Å². The van der Waals surface area contributed by atoms with Crippen LogP contribution in [0.25, 0.3) is 0 Å². The number of nitrogens with one attached hydrogen (secondary N) is 1. The van der Waals surface area contributed by atoms with Gasteiger partial charge in [0, 0.05) is 26.2 Å². The van der Waals surface area contributed by atoms with E-state index in [0.717, 1.165) is 26.3 Å². The first-order valence-electron chi connectivity index (χ1n) is 4.35. The Kier molecular flexibility index (Phi) is 5.56. The Bertz CT molecular complexity index is 147. The number of nitrogens with zero attached hydrogens (tertiary/aromatic N) is 1. The van der Waals surface area contributed by atoms with Crippen LogP contribution in [0.2, 0.25) is 0 Å². The number of ether oxygens (including phenoxy) is 1. The maximum atomic E-state index is 5.23. The van der Waals surface area contributed by atoms with Crippen LogP contribution in [0.15, 0.2) is 0 Å². The van der Waals surface area contributed by atoms with Crippen molar-refractivity contribution in [2.75, 3.05) is 39.4 Å². The first-order chi connectivity index (χ1) is 5.31. The van der Waals surface area contributed by atoms with Crippen LogP contribution in [0.5, 0.6) is 0 Å². The largest absolute Gasteiger partial charge is 0.377 e. The molecule has 0 atom stereocenters. The molecule has 3 nitrogen and oxygen atoms in total. The monoisotopic (exact) mass is 228 g/mol. The molecule has 0 aromatic heterocycles. The lowest BCUT2D eigenvalue weighted by molar-refractivity contribution is -0.133. The van der Waals surface area contributed by atoms with Crippen molar-refractivity contribution in [2.45, 2.75) is 12.5 Å². The predicted octanol–water partition coefficient (Wildman–Crippen LogP) is 0.524. The van der Waals surface area contributed by atoms with Crippen molar-refractivity contribution in [3.05, 3.63) is 0 Å². The second-order valence-electron chi connectivity index (χ2n) is 3.73. The smallest absolute Gasteiger partial charge is 0.0671 e. The van der Waals surface area contributed by atoms with Gasteiger partial charge in [-0.1, -0.05) is 0 Å². The molecule has 2 saturated heterocycles. The van der Waals surface area contributed by atoms with E-state index in [2.05, 4.69) is 17.1 Å².